The first-order chi connectivity index (χ1) is 12.8. The molecule has 1 aliphatic rings. The van der Waals surface area contributed by atoms with Crippen LogP contribution in [0.1, 0.15) is 20.3 Å². The van der Waals surface area contributed by atoms with Gasteiger partial charge in [0, 0.05) is 36.6 Å². The molecule has 0 fully saturated rings. The van der Waals surface area contributed by atoms with Gasteiger partial charge >= 0.3 is 11.6 Å². The molecular weight excluding hydrogens is 352 g/mol. The molecule has 1 aliphatic heterocycles. The van der Waals surface area contributed by atoms with Crippen LogP contribution in [0.3, 0.4) is 0 Å². The second-order valence-electron chi connectivity index (χ2n) is 6.80. The molecule has 7 heteroatoms. The third-order valence-electron chi connectivity index (χ3n) is 4.80. The summed E-state index contributed by atoms with van der Waals surface area (Å²) < 4.78 is 21.5. The maximum Gasteiger partial charge on any atom is 0.336 e. The first kappa shape index (κ1) is 19.1. The topological polar surface area (TPSA) is 95.2 Å². The van der Waals surface area contributed by atoms with Crippen LogP contribution in [-0.4, -0.2) is 42.6 Å². The van der Waals surface area contributed by atoms with Crippen LogP contribution in [0.5, 0.6) is 5.75 Å². The number of rotatable bonds is 7. The normalized spacial score (nSPS) is 20.1. The van der Waals surface area contributed by atoms with Gasteiger partial charge in [0.2, 0.25) is 0 Å². The fourth-order valence-electron chi connectivity index (χ4n) is 2.95. The summed E-state index contributed by atoms with van der Waals surface area (Å²) in [6.45, 7) is 3.37. The molecule has 1 N–H and O–H groups in total. The summed E-state index contributed by atoms with van der Waals surface area (Å²) in [5, 5.41) is 11.4. The van der Waals surface area contributed by atoms with Crippen molar-refractivity contribution in [1.82, 2.24) is 0 Å². The highest BCUT2D eigenvalue weighted by atomic mass is 16.6. The van der Waals surface area contributed by atoms with Crippen molar-refractivity contribution in [1.29, 1.82) is 0 Å². The summed E-state index contributed by atoms with van der Waals surface area (Å²) in [6, 6.07) is 8.10. The van der Waals surface area contributed by atoms with Gasteiger partial charge in [-0.15, -0.1) is 0 Å². The van der Waals surface area contributed by atoms with Crippen molar-refractivity contribution in [2.75, 3.05) is 13.7 Å². The highest BCUT2D eigenvalue weighted by Gasteiger charge is 2.38. The van der Waals surface area contributed by atoms with Crippen LogP contribution in [-0.2, 0) is 14.3 Å². The highest BCUT2D eigenvalue weighted by Crippen LogP contribution is 2.28. The molecule has 0 spiro atoms. The maximum atomic E-state index is 11.5. The second-order valence-corrected chi connectivity index (χ2v) is 6.80. The average Bonchev–Trinajstić information content (AvgIpc) is 2.95. The molecule has 0 aliphatic carbocycles. The van der Waals surface area contributed by atoms with Crippen LogP contribution in [0, 0.1) is 0 Å². The Balaban J connectivity index is 1.67. The van der Waals surface area contributed by atoms with Gasteiger partial charge in [0.15, 0.2) is 0 Å². The molecule has 0 amide bonds. The lowest BCUT2D eigenvalue weighted by atomic mass is 9.92. The summed E-state index contributed by atoms with van der Waals surface area (Å²) >= 11 is 0. The minimum atomic E-state index is -0.978. The Morgan fingerprint density at radius 3 is 2.67 bits per heavy atom. The van der Waals surface area contributed by atoms with E-state index in [0.29, 0.717) is 23.3 Å². The Kier molecular flexibility index (Phi) is 5.34. The minimum absolute atomic E-state index is 0.0454. The van der Waals surface area contributed by atoms with Crippen LogP contribution in [0.2, 0.25) is 0 Å². The number of carbonyl (C=O) groups excluding carboxylic acids is 1. The summed E-state index contributed by atoms with van der Waals surface area (Å²) in [4.78, 5) is 22.9. The molecule has 2 heterocycles. The van der Waals surface area contributed by atoms with Gasteiger partial charge in [-0.05, 0) is 38.1 Å². The molecule has 1 aromatic heterocycles. The van der Waals surface area contributed by atoms with Gasteiger partial charge in [-0.25, -0.2) is 9.59 Å². The monoisotopic (exact) mass is 374 g/mol. The van der Waals surface area contributed by atoms with Crippen LogP contribution >= 0.6 is 0 Å². The number of carbonyl (C=O) groups is 1. The third-order valence-corrected chi connectivity index (χ3v) is 4.80. The number of hydrogen-bond acceptors (Lipinski definition) is 7. The van der Waals surface area contributed by atoms with E-state index in [1.54, 1.807) is 44.2 Å². The molecule has 0 saturated carbocycles. The summed E-state index contributed by atoms with van der Waals surface area (Å²) in [7, 11) is 1.49. The predicted octanol–water partition coefficient (Wildman–Crippen LogP) is 2.20. The lowest BCUT2D eigenvalue weighted by molar-refractivity contribution is -0.148. The molecule has 144 valence electrons. The predicted molar refractivity (Wildman–Crippen MR) is 97.7 cm³/mol. The zero-order chi connectivity index (χ0) is 19.6. The molecule has 1 aromatic carbocycles. The molecule has 2 aromatic rings. The van der Waals surface area contributed by atoms with Crippen molar-refractivity contribution in [3.63, 3.8) is 0 Å². The number of benzene rings is 1. The van der Waals surface area contributed by atoms with E-state index >= 15 is 0 Å². The number of hydrogen-bond donors (Lipinski definition) is 1. The van der Waals surface area contributed by atoms with Gasteiger partial charge in [-0.3, -0.25) is 0 Å². The smallest absolute Gasteiger partial charge is 0.336 e. The number of fused-ring (bicyclic) bond motifs is 1. The Bertz CT molecular complexity index is 929. The number of aliphatic hydroxyl groups is 1. The van der Waals surface area contributed by atoms with Crippen molar-refractivity contribution in [2.45, 2.75) is 38.1 Å². The zero-order valence-electron chi connectivity index (χ0n) is 15.4. The van der Waals surface area contributed by atoms with Crippen molar-refractivity contribution < 1.29 is 28.5 Å². The molecule has 0 saturated heterocycles. The SMILES string of the molecule is CO[C@@](C)(C[C@@H]1C=C(C)C(=O)O1)[C@H](O)COc1ccc2ccc(=O)oc2c1. The summed E-state index contributed by atoms with van der Waals surface area (Å²) in [5.41, 5.74) is -0.472. The first-order valence-corrected chi connectivity index (χ1v) is 8.60. The Morgan fingerprint density at radius 1 is 1.26 bits per heavy atom. The largest absolute Gasteiger partial charge is 0.491 e. The van der Waals surface area contributed by atoms with Crippen LogP contribution in [0.25, 0.3) is 11.0 Å². The van der Waals surface area contributed by atoms with Gasteiger partial charge in [0.1, 0.15) is 30.1 Å². The molecule has 0 radical (unpaired) electrons. The van der Waals surface area contributed by atoms with Crippen LogP contribution < -0.4 is 10.4 Å². The number of cyclic esters (lactones) is 1. The lowest BCUT2D eigenvalue weighted by Gasteiger charge is -2.34. The molecule has 3 rings (SSSR count). The number of esters is 1. The number of aliphatic hydroxyl groups excluding tert-OH is 1. The molecule has 3 atom stereocenters. The quantitative estimate of drug-likeness (QED) is 0.586. The van der Waals surface area contributed by atoms with Gasteiger partial charge < -0.3 is 23.7 Å². The summed E-state index contributed by atoms with van der Waals surface area (Å²) in [5.74, 6) is 0.0965. The molecule has 27 heavy (non-hydrogen) atoms. The van der Waals surface area contributed by atoms with Crippen molar-refractivity contribution in [3.8, 4) is 5.75 Å². The minimum Gasteiger partial charge on any atom is -0.491 e. The molecule has 0 unspecified atom stereocenters. The number of ether oxygens (including phenoxy) is 3. The fraction of sp³-hybridized carbons (Fsp3) is 0.400. The van der Waals surface area contributed by atoms with Crippen molar-refractivity contribution in [2.24, 2.45) is 0 Å². The first-order valence-electron chi connectivity index (χ1n) is 8.60. The van der Waals surface area contributed by atoms with Gasteiger partial charge in [-0.1, -0.05) is 0 Å². The van der Waals surface area contributed by atoms with Crippen molar-refractivity contribution >= 4 is 16.9 Å². The van der Waals surface area contributed by atoms with E-state index in [4.69, 9.17) is 18.6 Å². The van der Waals surface area contributed by atoms with Gasteiger partial charge in [0.05, 0.1) is 5.60 Å². The number of methoxy groups -OCH3 is 1. The molecule has 7 nitrogen and oxygen atoms in total. The zero-order valence-corrected chi connectivity index (χ0v) is 15.4. The second kappa shape index (κ2) is 7.54. The maximum absolute atomic E-state index is 11.5. The summed E-state index contributed by atoms with van der Waals surface area (Å²) in [6.07, 6.45) is 0.587. The van der Waals surface area contributed by atoms with E-state index in [1.807, 2.05) is 0 Å². The van der Waals surface area contributed by atoms with E-state index in [9.17, 15) is 14.7 Å². The molecular formula is C20H22O7. The standard InChI is InChI=1S/C20H22O7/c1-12-8-15(26-19(12)23)10-20(2,24-3)17(21)11-25-14-6-4-13-5-7-18(22)27-16(13)9-14/h4-9,15,17,21H,10-11H2,1-3H3/t15-,17+,20-/m0/s1. The average molecular weight is 374 g/mol. The highest BCUT2D eigenvalue weighted by molar-refractivity contribution is 5.90. The Morgan fingerprint density at radius 2 is 2.00 bits per heavy atom. The molecule has 0 bridgehead atoms. The van der Waals surface area contributed by atoms with Gasteiger partial charge in [-0.2, -0.15) is 0 Å². The van der Waals surface area contributed by atoms with Crippen LogP contribution in [0.15, 0.2) is 51.2 Å². The van der Waals surface area contributed by atoms with E-state index < -0.39 is 23.4 Å². The lowest BCUT2D eigenvalue weighted by Crippen LogP contribution is -2.47. The van der Waals surface area contributed by atoms with E-state index in [2.05, 4.69) is 0 Å². The Labute approximate surface area is 156 Å². The Hall–Kier alpha value is -2.64. The third kappa shape index (κ3) is 4.20. The van der Waals surface area contributed by atoms with E-state index in [-0.39, 0.29) is 12.6 Å². The van der Waals surface area contributed by atoms with Crippen LogP contribution in [0.4, 0.5) is 0 Å². The van der Waals surface area contributed by atoms with E-state index in [0.717, 1.165) is 5.39 Å². The van der Waals surface area contributed by atoms with Gasteiger partial charge in [0.25, 0.3) is 0 Å². The van der Waals surface area contributed by atoms with Crippen molar-refractivity contribution in [3.05, 3.63) is 52.4 Å². The fourth-order valence-corrected chi connectivity index (χ4v) is 2.95. The van der Waals surface area contributed by atoms with E-state index in [1.165, 1.54) is 13.2 Å².